The Kier molecular flexibility index (Phi) is 66.9. The average molecular weight is 1390 g/mol. The lowest BCUT2D eigenvalue weighted by Crippen LogP contribution is -2.30. The highest BCUT2D eigenvalue weighted by atomic mass is 31.2. The van der Waals surface area contributed by atoms with Crippen molar-refractivity contribution in [1.82, 2.24) is 0 Å². The minimum atomic E-state index is -4.96. The van der Waals surface area contributed by atoms with Gasteiger partial charge in [-0.05, 0) is 57.3 Å². The van der Waals surface area contributed by atoms with Gasteiger partial charge in [0.15, 0.2) is 12.2 Å². The van der Waals surface area contributed by atoms with Crippen molar-refractivity contribution in [1.29, 1.82) is 0 Å². The Morgan fingerprint density at radius 2 is 0.568 bits per heavy atom. The monoisotopic (exact) mass is 1390 g/mol. The molecular weight excluding hydrogens is 1250 g/mol. The van der Waals surface area contributed by atoms with E-state index in [0.29, 0.717) is 25.7 Å². The molecule has 0 aliphatic heterocycles. The lowest BCUT2D eigenvalue weighted by molar-refractivity contribution is -0.161. The van der Waals surface area contributed by atoms with Gasteiger partial charge in [0.25, 0.3) is 0 Å². The third-order valence-corrected chi connectivity index (χ3v) is 19.1. The Balaban J connectivity index is 5.30. The number of hydrogen-bond acceptors (Lipinski definition) is 15. The molecule has 0 saturated carbocycles. The number of allylic oxidation sites excluding steroid dienone is 4. The maximum absolute atomic E-state index is 13.1. The number of phosphoric acid groups is 2. The summed E-state index contributed by atoms with van der Waals surface area (Å²) in [5.41, 5.74) is 0. The van der Waals surface area contributed by atoms with Crippen LogP contribution in [0.5, 0.6) is 0 Å². The van der Waals surface area contributed by atoms with Crippen LogP contribution < -0.4 is 0 Å². The van der Waals surface area contributed by atoms with Crippen molar-refractivity contribution < 1.29 is 80.2 Å². The molecule has 5 atom stereocenters. The van der Waals surface area contributed by atoms with E-state index >= 15 is 0 Å². The molecule has 0 bridgehead atoms. The Morgan fingerprint density at radius 1 is 0.326 bits per heavy atom. The summed E-state index contributed by atoms with van der Waals surface area (Å²) in [6.45, 7) is 7.22. The summed E-state index contributed by atoms with van der Waals surface area (Å²) in [4.78, 5) is 72.8. The van der Waals surface area contributed by atoms with Gasteiger partial charge in [-0.2, -0.15) is 0 Å². The van der Waals surface area contributed by atoms with E-state index in [1.807, 2.05) is 0 Å². The van der Waals surface area contributed by atoms with Crippen molar-refractivity contribution in [2.24, 2.45) is 5.92 Å². The Hall–Kier alpha value is -2.46. The van der Waals surface area contributed by atoms with Crippen molar-refractivity contribution >= 4 is 39.5 Å². The largest absolute Gasteiger partial charge is 0.472 e. The minimum Gasteiger partial charge on any atom is -0.462 e. The molecule has 2 unspecified atom stereocenters. The molecule has 0 saturated heterocycles. The molecule has 17 nitrogen and oxygen atoms in total. The van der Waals surface area contributed by atoms with Gasteiger partial charge in [0.1, 0.15) is 19.3 Å². The van der Waals surface area contributed by atoms with Crippen LogP contribution >= 0.6 is 15.6 Å². The Labute approximate surface area is 580 Å². The summed E-state index contributed by atoms with van der Waals surface area (Å²) in [6.07, 6.45) is 60.3. The number of rotatable bonds is 74. The fourth-order valence-electron chi connectivity index (χ4n) is 11.2. The summed E-state index contributed by atoms with van der Waals surface area (Å²) in [5.74, 6) is -1.39. The molecule has 0 aromatic carbocycles. The second-order valence-corrected chi connectivity index (χ2v) is 30.1. The fraction of sp³-hybridized carbons (Fsp3) is 0.895. The quantitative estimate of drug-likeness (QED) is 0.0169. The smallest absolute Gasteiger partial charge is 0.462 e. The number of carbonyl (C=O) groups excluding carboxylic acids is 4. The molecule has 0 aliphatic rings. The molecule has 0 aliphatic carbocycles. The number of phosphoric ester groups is 2. The van der Waals surface area contributed by atoms with Crippen LogP contribution in [0.15, 0.2) is 24.3 Å². The van der Waals surface area contributed by atoms with Crippen molar-refractivity contribution in [3.63, 3.8) is 0 Å². The van der Waals surface area contributed by atoms with E-state index in [1.54, 1.807) is 0 Å². The standard InChI is InChI=1S/C76H144O17P2/c1-6-9-12-15-18-21-24-27-29-32-35-41-46-51-56-61-75(80)92-71(65-87-74(79)60-55-50-45-40-34-31-28-25-22-19-16-13-10-7-2)67-90-94(82,83)88-63-70(77)64-89-95(84,85)91-68-72(93-76(81)62-57-52-47-42-37-36-38-43-48-53-58-69(4)5)66-86-73(78)59-54-49-44-39-33-30-26-23-20-17-14-11-8-3/h21,24,27,29,69-72,77H,6-20,22-23,25-26,28,30-68H2,1-5H3,(H,82,83)(H,84,85)/b24-21-,29-27-/t70-,71-,72-/m1/s1. The first-order valence-electron chi connectivity index (χ1n) is 39.0. The van der Waals surface area contributed by atoms with Crippen LogP contribution in [-0.2, 0) is 65.4 Å². The lowest BCUT2D eigenvalue weighted by Gasteiger charge is -2.21. The third-order valence-electron chi connectivity index (χ3n) is 17.2. The van der Waals surface area contributed by atoms with E-state index in [4.69, 9.17) is 37.0 Å². The molecule has 95 heavy (non-hydrogen) atoms. The van der Waals surface area contributed by atoms with Crippen molar-refractivity contribution in [2.75, 3.05) is 39.6 Å². The van der Waals surface area contributed by atoms with E-state index in [0.717, 1.165) is 109 Å². The normalized spacial score (nSPS) is 14.1. The number of carbonyl (C=O) groups is 4. The molecule has 0 heterocycles. The average Bonchev–Trinajstić information content (AvgIpc) is 1.75. The summed E-state index contributed by atoms with van der Waals surface area (Å²) in [6, 6.07) is 0. The molecule has 19 heteroatoms. The predicted octanol–water partition coefficient (Wildman–Crippen LogP) is 22.0. The number of esters is 4. The van der Waals surface area contributed by atoms with E-state index < -0.39 is 97.5 Å². The van der Waals surface area contributed by atoms with Gasteiger partial charge < -0.3 is 33.8 Å². The molecule has 3 N–H and O–H groups in total. The van der Waals surface area contributed by atoms with E-state index in [2.05, 4.69) is 58.9 Å². The summed E-state index contributed by atoms with van der Waals surface area (Å²) >= 11 is 0. The molecule has 0 aromatic heterocycles. The van der Waals surface area contributed by atoms with Gasteiger partial charge in [-0.25, -0.2) is 9.13 Å². The summed E-state index contributed by atoms with van der Waals surface area (Å²) in [7, 11) is -9.92. The second-order valence-electron chi connectivity index (χ2n) is 27.2. The second kappa shape index (κ2) is 68.7. The summed E-state index contributed by atoms with van der Waals surface area (Å²) < 4.78 is 68.5. The van der Waals surface area contributed by atoms with Crippen LogP contribution in [0.1, 0.15) is 375 Å². The Morgan fingerprint density at radius 3 is 0.863 bits per heavy atom. The third kappa shape index (κ3) is 69.8. The lowest BCUT2D eigenvalue weighted by atomic mass is 10.0. The van der Waals surface area contributed by atoms with E-state index in [-0.39, 0.29) is 25.7 Å². The van der Waals surface area contributed by atoms with Gasteiger partial charge in [-0.15, -0.1) is 0 Å². The van der Waals surface area contributed by atoms with E-state index in [9.17, 15) is 43.2 Å². The van der Waals surface area contributed by atoms with Crippen LogP contribution in [-0.4, -0.2) is 96.7 Å². The van der Waals surface area contributed by atoms with Crippen LogP contribution in [0, 0.1) is 5.92 Å². The van der Waals surface area contributed by atoms with Gasteiger partial charge in [-0.3, -0.25) is 37.3 Å². The van der Waals surface area contributed by atoms with Gasteiger partial charge in [0, 0.05) is 25.7 Å². The highest BCUT2D eigenvalue weighted by Gasteiger charge is 2.30. The van der Waals surface area contributed by atoms with Gasteiger partial charge in [0.05, 0.1) is 26.4 Å². The summed E-state index contributed by atoms with van der Waals surface area (Å²) in [5, 5.41) is 10.6. The van der Waals surface area contributed by atoms with Crippen LogP contribution in [0.4, 0.5) is 0 Å². The molecule has 0 radical (unpaired) electrons. The molecule has 0 aromatic rings. The number of ether oxygens (including phenoxy) is 4. The molecular formula is C76H144O17P2. The first-order valence-corrected chi connectivity index (χ1v) is 41.9. The molecule has 0 spiro atoms. The highest BCUT2D eigenvalue weighted by Crippen LogP contribution is 2.45. The predicted molar refractivity (Wildman–Crippen MR) is 386 cm³/mol. The van der Waals surface area contributed by atoms with Crippen molar-refractivity contribution in [2.45, 2.75) is 393 Å². The minimum absolute atomic E-state index is 0.0857. The molecule has 0 amide bonds. The van der Waals surface area contributed by atoms with Crippen molar-refractivity contribution in [3.05, 3.63) is 24.3 Å². The van der Waals surface area contributed by atoms with E-state index in [1.165, 1.54) is 186 Å². The van der Waals surface area contributed by atoms with Gasteiger partial charge in [0.2, 0.25) is 0 Å². The van der Waals surface area contributed by atoms with Crippen molar-refractivity contribution in [3.8, 4) is 0 Å². The number of hydrogen-bond donors (Lipinski definition) is 3. The zero-order valence-electron chi connectivity index (χ0n) is 61.3. The van der Waals surface area contributed by atoms with Gasteiger partial charge in [-0.1, -0.05) is 322 Å². The fourth-order valence-corrected chi connectivity index (χ4v) is 12.7. The molecule has 0 fully saturated rings. The molecule has 0 rings (SSSR count). The van der Waals surface area contributed by atoms with Crippen LogP contribution in [0.25, 0.3) is 0 Å². The maximum atomic E-state index is 13.1. The SMILES string of the molecule is CCCCCC/C=C\C=C/CCCCCCCC(=O)O[C@H](COC(=O)CCCCCCCCCCCCCCCC)COP(=O)(O)OC[C@@H](O)COP(=O)(O)OC[C@@H](COC(=O)CCCCCCCCCCCCCCC)OC(=O)CCCCCCCCCCCCC(C)C. The first kappa shape index (κ1) is 92.5. The number of aliphatic hydroxyl groups is 1. The number of unbranched alkanes of at least 4 members (excludes halogenated alkanes) is 43. The Bertz CT molecular complexity index is 1920. The zero-order chi connectivity index (χ0) is 69.8. The van der Waals surface area contributed by atoms with Crippen LogP contribution in [0.3, 0.4) is 0 Å². The number of aliphatic hydroxyl groups excluding tert-OH is 1. The zero-order valence-corrected chi connectivity index (χ0v) is 63.1. The maximum Gasteiger partial charge on any atom is 0.472 e. The highest BCUT2D eigenvalue weighted by molar-refractivity contribution is 7.47. The molecule has 560 valence electrons. The van der Waals surface area contributed by atoms with Crippen LogP contribution in [0.2, 0.25) is 0 Å². The van der Waals surface area contributed by atoms with Gasteiger partial charge >= 0.3 is 39.5 Å². The topological polar surface area (TPSA) is 237 Å². The first-order chi connectivity index (χ1) is 46.0.